The smallest absolute Gasteiger partial charge is 0.326 e. The van der Waals surface area contributed by atoms with Gasteiger partial charge in [0, 0.05) is 38.7 Å². The van der Waals surface area contributed by atoms with E-state index in [0.717, 1.165) is 19.5 Å². The Kier molecular flexibility index (Phi) is 5.19. The van der Waals surface area contributed by atoms with Gasteiger partial charge in [0.05, 0.1) is 0 Å². The Balaban J connectivity index is 1.87. The third-order valence-electron chi connectivity index (χ3n) is 4.14. The molecule has 2 rings (SSSR count). The first-order chi connectivity index (χ1) is 9.61. The van der Waals surface area contributed by atoms with Crippen molar-refractivity contribution in [3.8, 4) is 0 Å². The van der Waals surface area contributed by atoms with Gasteiger partial charge in [-0.1, -0.05) is 6.42 Å². The van der Waals surface area contributed by atoms with Gasteiger partial charge in [-0.15, -0.1) is 0 Å². The number of carboxylic acids is 1. The number of piperidine rings is 1. The number of carbonyl (C=O) groups is 2. The number of carboxylic acid groups (broad SMARTS) is 1. The van der Waals surface area contributed by atoms with E-state index in [4.69, 9.17) is 10.2 Å². The van der Waals surface area contributed by atoms with Crippen LogP contribution in [0.3, 0.4) is 0 Å². The Morgan fingerprint density at radius 2 is 2.05 bits per heavy atom. The summed E-state index contributed by atoms with van der Waals surface area (Å²) in [6, 6.07) is -0.947. The van der Waals surface area contributed by atoms with Crippen LogP contribution in [0.25, 0.3) is 0 Å². The maximum Gasteiger partial charge on any atom is 0.326 e. The highest BCUT2D eigenvalue weighted by Gasteiger charge is 2.32. The summed E-state index contributed by atoms with van der Waals surface area (Å²) in [5, 5.41) is 20.3. The van der Waals surface area contributed by atoms with Crippen molar-refractivity contribution in [2.45, 2.75) is 37.8 Å². The van der Waals surface area contributed by atoms with Crippen molar-refractivity contribution >= 4 is 12.0 Å². The lowest BCUT2D eigenvalue weighted by molar-refractivity contribution is -0.139. The van der Waals surface area contributed by atoms with E-state index in [0.29, 0.717) is 19.1 Å². The van der Waals surface area contributed by atoms with Gasteiger partial charge in [0.25, 0.3) is 0 Å². The summed E-state index contributed by atoms with van der Waals surface area (Å²) in [4.78, 5) is 27.2. The lowest BCUT2D eigenvalue weighted by Crippen LogP contribution is -2.59. The fraction of sp³-hybridized carbons (Fsp3) is 0.846. The number of carbonyl (C=O) groups excluding carboxylic acids is 1. The minimum absolute atomic E-state index is 0.0322. The molecule has 0 bridgehead atoms. The molecule has 2 aliphatic rings. The van der Waals surface area contributed by atoms with Crippen LogP contribution < -0.4 is 5.32 Å². The number of amides is 2. The van der Waals surface area contributed by atoms with E-state index in [9.17, 15) is 9.59 Å². The Labute approximate surface area is 118 Å². The van der Waals surface area contributed by atoms with Crippen molar-refractivity contribution in [2.24, 2.45) is 0 Å². The van der Waals surface area contributed by atoms with E-state index in [1.165, 1.54) is 12.8 Å². The van der Waals surface area contributed by atoms with Crippen molar-refractivity contribution in [3.63, 3.8) is 0 Å². The summed E-state index contributed by atoms with van der Waals surface area (Å²) < 4.78 is 0. The topological polar surface area (TPSA) is 93.1 Å². The van der Waals surface area contributed by atoms with Crippen LogP contribution in [-0.2, 0) is 4.79 Å². The predicted octanol–water partition coefficient (Wildman–Crippen LogP) is -0.298. The molecule has 0 radical (unpaired) electrons. The molecule has 0 aromatic rings. The normalized spacial score (nSPS) is 24.9. The fourth-order valence-electron chi connectivity index (χ4n) is 2.97. The fourth-order valence-corrected chi connectivity index (χ4v) is 2.97. The molecule has 7 nitrogen and oxygen atoms in total. The maximum atomic E-state index is 12.1. The van der Waals surface area contributed by atoms with E-state index in [1.807, 2.05) is 0 Å². The molecule has 3 N–H and O–H groups in total. The highest BCUT2D eigenvalue weighted by Crippen LogP contribution is 2.21. The van der Waals surface area contributed by atoms with Crippen LogP contribution in [0.15, 0.2) is 0 Å². The minimum atomic E-state index is -1.11. The number of hydrogen-bond acceptors (Lipinski definition) is 4. The standard InChI is InChI=1S/C13H23N3O4/c17-8-4-11(12(18)19)14-13(20)16-7-6-15-5-2-1-3-10(15)9-16/h10-11,17H,1-9H2,(H,14,20)(H,18,19)/t10?,11-/m0/s1. The molecule has 0 aliphatic carbocycles. The molecule has 0 saturated carbocycles. The van der Waals surface area contributed by atoms with Gasteiger partial charge >= 0.3 is 12.0 Å². The van der Waals surface area contributed by atoms with Crippen molar-refractivity contribution in [2.75, 3.05) is 32.8 Å². The van der Waals surface area contributed by atoms with Gasteiger partial charge in [0.1, 0.15) is 6.04 Å². The zero-order valence-corrected chi connectivity index (χ0v) is 11.6. The Hall–Kier alpha value is -1.34. The molecule has 2 aliphatic heterocycles. The number of rotatable bonds is 4. The summed E-state index contributed by atoms with van der Waals surface area (Å²) in [6.07, 6.45) is 3.55. The second-order valence-corrected chi connectivity index (χ2v) is 5.48. The van der Waals surface area contributed by atoms with Crippen LogP contribution in [0.2, 0.25) is 0 Å². The van der Waals surface area contributed by atoms with Gasteiger partial charge in [0.2, 0.25) is 0 Å². The van der Waals surface area contributed by atoms with E-state index < -0.39 is 12.0 Å². The number of aliphatic hydroxyl groups is 1. The van der Waals surface area contributed by atoms with E-state index >= 15 is 0 Å². The SMILES string of the molecule is O=C(O)[C@H](CCO)NC(=O)N1CCN2CCCCC2C1. The van der Waals surface area contributed by atoms with Gasteiger partial charge in [-0.3, -0.25) is 4.90 Å². The third-order valence-corrected chi connectivity index (χ3v) is 4.14. The molecular weight excluding hydrogens is 262 g/mol. The highest BCUT2D eigenvalue weighted by atomic mass is 16.4. The summed E-state index contributed by atoms with van der Waals surface area (Å²) >= 11 is 0. The number of hydrogen-bond donors (Lipinski definition) is 3. The predicted molar refractivity (Wildman–Crippen MR) is 72.4 cm³/mol. The summed E-state index contributed by atoms with van der Waals surface area (Å²) in [6.45, 7) is 3.00. The Morgan fingerprint density at radius 1 is 1.25 bits per heavy atom. The van der Waals surface area contributed by atoms with Crippen LogP contribution in [0.4, 0.5) is 4.79 Å². The van der Waals surface area contributed by atoms with Crippen molar-refractivity contribution in [1.29, 1.82) is 0 Å². The largest absolute Gasteiger partial charge is 0.480 e. The molecule has 2 amide bonds. The summed E-state index contributed by atoms with van der Waals surface area (Å²) in [7, 11) is 0. The number of aliphatic hydroxyl groups excluding tert-OH is 1. The van der Waals surface area contributed by atoms with Gasteiger partial charge in [0.15, 0.2) is 0 Å². The van der Waals surface area contributed by atoms with Crippen LogP contribution in [0, 0.1) is 0 Å². The lowest BCUT2D eigenvalue weighted by Gasteiger charge is -2.44. The molecule has 20 heavy (non-hydrogen) atoms. The molecule has 2 fully saturated rings. The summed E-state index contributed by atoms with van der Waals surface area (Å²) in [5.41, 5.74) is 0. The molecular formula is C13H23N3O4. The molecule has 114 valence electrons. The van der Waals surface area contributed by atoms with E-state index in [-0.39, 0.29) is 19.1 Å². The Bertz CT molecular complexity index is 364. The number of piperazine rings is 1. The van der Waals surface area contributed by atoms with E-state index in [2.05, 4.69) is 10.2 Å². The number of aliphatic carboxylic acids is 1. The monoisotopic (exact) mass is 285 g/mol. The minimum Gasteiger partial charge on any atom is -0.480 e. The van der Waals surface area contributed by atoms with Gasteiger partial charge in [-0.2, -0.15) is 0 Å². The van der Waals surface area contributed by atoms with Gasteiger partial charge < -0.3 is 20.4 Å². The molecule has 0 spiro atoms. The van der Waals surface area contributed by atoms with E-state index in [1.54, 1.807) is 4.90 Å². The summed E-state index contributed by atoms with van der Waals surface area (Å²) in [5.74, 6) is -1.11. The average Bonchev–Trinajstić information content (AvgIpc) is 2.46. The first-order valence-corrected chi connectivity index (χ1v) is 7.25. The first-order valence-electron chi connectivity index (χ1n) is 7.25. The van der Waals surface area contributed by atoms with Crippen LogP contribution >= 0.6 is 0 Å². The Morgan fingerprint density at radius 3 is 2.75 bits per heavy atom. The number of nitrogens with zero attached hydrogens (tertiary/aromatic N) is 2. The molecule has 2 saturated heterocycles. The second-order valence-electron chi connectivity index (χ2n) is 5.48. The zero-order valence-electron chi connectivity index (χ0n) is 11.6. The molecule has 1 unspecified atom stereocenters. The van der Waals surface area contributed by atoms with Crippen molar-refractivity contribution in [3.05, 3.63) is 0 Å². The molecule has 0 aromatic heterocycles. The average molecular weight is 285 g/mol. The molecule has 2 heterocycles. The third kappa shape index (κ3) is 3.61. The maximum absolute atomic E-state index is 12.1. The van der Waals surface area contributed by atoms with Crippen LogP contribution in [0.1, 0.15) is 25.7 Å². The number of fused-ring (bicyclic) bond motifs is 1. The number of urea groups is 1. The van der Waals surface area contributed by atoms with Crippen LogP contribution in [0.5, 0.6) is 0 Å². The number of nitrogens with one attached hydrogen (secondary N) is 1. The van der Waals surface area contributed by atoms with Crippen LogP contribution in [-0.4, -0.2) is 76.9 Å². The van der Waals surface area contributed by atoms with Crippen molar-refractivity contribution < 1.29 is 19.8 Å². The molecule has 0 aromatic carbocycles. The highest BCUT2D eigenvalue weighted by molar-refractivity contribution is 5.82. The first kappa shape index (κ1) is 15.1. The zero-order chi connectivity index (χ0) is 14.5. The second kappa shape index (κ2) is 6.90. The van der Waals surface area contributed by atoms with Crippen molar-refractivity contribution in [1.82, 2.24) is 15.1 Å². The lowest BCUT2D eigenvalue weighted by atomic mass is 10.00. The quantitative estimate of drug-likeness (QED) is 0.659. The van der Waals surface area contributed by atoms with Gasteiger partial charge in [-0.05, 0) is 19.4 Å². The van der Waals surface area contributed by atoms with Gasteiger partial charge in [-0.25, -0.2) is 9.59 Å². The molecule has 2 atom stereocenters. The molecule has 7 heteroatoms.